The van der Waals surface area contributed by atoms with Gasteiger partial charge in [0.05, 0.1) is 17.2 Å². The summed E-state index contributed by atoms with van der Waals surface area (Å²) < 4.78 is 33.0. The zero-order chi connectivity index (χ0) is 28.6. The van der Waals surface area contributed by atoms with Crippen LogP contribution in [0.25, 0.3) is 11.1 Å². The number of hydrogen-bond acceptors (Lipinski definition) is 7. The number of hydrogen-bond donors (Lipinski definition) is 2. The predicted octanol–water partition coefficient (Wildman–Crippen LogP) is 4.92. The number of esters is 1. The SMILES string of the molecule is CC#Cc1cccc(-c2ccc(CC(N)(c3cccc(NCC(=O)OCC)n3)S(=O)(=O)c3ccccc3)cc2)c1. The minimum absolute atomic E-state index is 0.0276. The number of aromatic nitrogens is 1. The van der Waals surface area contributed by atoms with Crippen molar-refractivity contribution in [2.75, 3.05) is 18.5 Å². The Bertz CT molecular complexity index is 1640. The zero-order valence-corrected chi connectivity index (χ0v) is 23.2. The van der Waals surface area contributed by atoms with Crippen LogP contribution in [-0.2, 0) is 30.7 Å². The van der Waals surface area contributed by atoms with Crippen molar-refractivity contribution in [2.24, 2.45) is 5.73 Å². The Balaban J connectivity index is 1.71. The molecule has 0 aliphatic heterocycles. The Kier molecular flexibility index (Phi) is 9.00. The fourth-order valence-corrected chi connectivity index (χ4v) is 6.00. The van der Waals surface area contributed by atoms with E-state index in [2.05, 4.69) is 22.1 Å². The molecule has 40 heavy (non-hydrogen) atoms. The molecule has 0 bridgehead atoms. The molecule has 0 spiro atoms. The van der Waals surface area contributed by atoms with E-state index in [-0.39, 0.29) is 30.2 Å². The lowest BCUT2D eigenvalue weighted by atomic mass is 9.98. The molecule has 4 aromatic rings. The highest BCUT2D eigenvalue weighted by Gasteiger charge is 2.44. The first-order valence-electron chi connectivity index (χ1n) is 12.8. The first kappa shape index (κ1) is 28.6. The predicted molar refractivity (Wildman–Crippen MR) is 157 cm³/mol. The van der Waals surface area contributed by atoms with Crippen LogP contribution in [0.3, 0.4) is 0 Å². The Morgan fingerprint density at radius 3 is 2.38 bits per heavy atom. The molecule has 0 aliphatic rings. The standard InChI is InChI=1S/C32H31N3O4S/c1-3-10-24-11-8-12-27(21-24)26-19-17-25(18-20-26)22-32(33,40(37,38)28-13-6-5-7-14-28)29-15-9-16-30(35-29)34-23-31(36)39-4-2/h5-9,11-21H,4,22-23,33H2,1-2H3,(H,34,35). The molecule has 4 rings (SSSR count). The molecule has 0 aliphatic carbocycles. The minimum atomic E-state index is -4.10. The molecule has 1 aromatic heterocycles. The second-order valence-corrected chi connectivity index (χ2v) is 11.3. The van der Waals surface area contributed by atoms with E-state index >= 15 is 0 Å². The third kappa shape index (κ3) is 6.40. The molecule has 204 valence electrons. The zero-order valence-electron chi connectivity index (χ0n) is 22.4. The summed E-state index contributed by atoms with van der Waals surface area (Å²) in [6.45, 7) is 3.66. The summed E-state index contributed by atoms with van der Waals surface area (Å²) in [5.41, 5.74) is 10.6. The molecule has 0 radical (unpaired) electrons. The van der Waals surface area contributed by atoms with Crippen molar-refractivity contribution in [2.45, 2.75) is 30.0 Å². The Morgan fingerprint density at radius 1 is 0.950 bits per heavy atom. The fraction of sp³-hybridized carbons (Fsp3) is 0.188. The quantitative estimate of drug-likeness (QED) is 0.212. The van der Waals surface area contributed by atoms with Crippen LogP contribution < -0.4 is 11.1 Å². The summed E-state index contributed by atoms with van der Waals surface area (Å²) in [5.74, 6) is 5.84. The number of sulfone groups is 1. The monoisotopic (exact) mass is 553 g/mol. The maximum atomic E-state index is 14.0. The number of nitrogens with zero attached hydrogens (tertiary/aromatic N) is 1. The third-order valence-electron chi connectivity index (χ3n) is 6.32. The summed E-state index contributed by atoms with van der Waals surface area (Å²) >= 11 is 0. The van der Waals surface area contributed by atoms with E-state index in [1.807, 2.05) is 48.5 Å². The normalized spacial score (nSPS) is 12.5. The van der Waals surface area contributed by atoms with Crippen LogP contribution in [0.1, 0.15) is 30.7 Å². The molecule has 8 heteroatoms. The lowest BCUT2D eigenvalue weighted by Gasteiger charge is -2.29. The molecule has 0 saturated carbocycles. The number of nitrogens with two attached hydrogens (primary N) is 1. The van der Waals surface area contributed by atoms with Crippen LogP contribution in [0.5, 0.6) is 0 Å². The molecule has 1 heterocycles. The van der Waals surface area contributed by atoms with Crippen molar-refractivity contribution in [3.05, 3.63) is 114 Å². The summed E-state index contributed by atoms with van der Waals surface area (Å²) in [6.07, 6.45) is -0.0276. The van der Waals surface area contributed by atoms with Crippen LogP contribution in [0.2, 0.25) is 0 Å². The molecular formula is C32H31N3O4S. The van der Waals surface area contributed by atoms with Crippen LogP contribution in [0.15, 0.2) is 102 Å². The molecule has 3 aromatic carbocycles. The second-order valence-electron chi connectivity index (χ2n) is 9.10. The summed E-state index contributed by atoms with van der Waals surface area (Å²) in [7, 11) is -4.10. The second kappa shape index (κ2) is 12.6. The summed E-state index contributed by atoms with van der Waals surface area (Å²) in [4.78, 5) is 14.5. The lowest BCUT2D eigenvalue weighted by molar-refractivity contribution is -0.140. The van der Waals surface area contributed by atoms with Crippen molar-refractivity contribution in [1.82, 2.24) is 4.98 Å². The number of carbonyl (C=O) groups excluding carboxylic acids is 1. The van der Waals surface area contributed by atoms with E-state index in [1.54, 1.807) is 50.2 Å². The van der Waals surface area contributed by atoms with Crippen LogP contribution in [-0.4, -0.2) is 32.5 Å². The smallest absolute Gasteiger partial charge is 0.325 e. The van der Waals surface area contributed by atoms with Crippen molar-refractivity contribution >= 4 is 21.6 Å². The molecule has 7 nitrogen and oxygen atoms in total. The van der Waals surface area contributed by atoms with Crippen LogP contribution in [0.4, 0.5) is 5.82 Å². The van der Waals surface area contributed by atoms with Gasteiger partial charge >= 0.3 is 5.97 Å². The highest BCUT2D eigenvalue weighted by Crippen LogP contribution is 2.34. The minimum Gasteiger partial charge on any atom is -0.465 e. The van der Waals surface area contributed by atoms with Gasteiger partial charge in [-0.15, -0.1) is 5.92 Å². The average Bonchev–Trinajstić information content (AvgIpc) is 2.97. The van der Waals surface area contributed by atoms with Gasteiger partial charge in [-0.25, -0.2) is 13.4 Å². The van der Waals surface area contributed by atoms with Gasteiger partial charge < -0.3 is 15.8 Å². The van der Waals surface area contributed by atoms with Gasteiger partial charge in [-0.05, 0) is 66.9 Å². The van der Waals surface area contributed by atoms with Gasteiger partial charge in [-0.2, -0.15) is 0 Å². The fourth-order valence-electron chi connectivity index (χ4n) is 4.32. The van der Waals surface area contributed by atoms with E-state index in [1.165, 1.54) is 12.1 Å². The maximum absolute atomic E-state index is 14.0. The van der Waals surface area contributed by atoms with Gasteiger partial charge in [0.1, 0.15) is 12.4 Å². The average molecular weight is 554 g/mol. The number of anilines is 1. The van der Waals surface area contributed by atoms with Crippen LogP contribution >= 0.6 is 0 Å². The number of carbonyl (C=O) groups is 1. The van der Waals surface area contributed by atoms with E-state index in [9.17, 15) is 13.2 Å². The first-order chi connectivity index (χ1) is 19.3. The molecular weight excluding hydrogens is 522 g/mol. The lowest BCUT2D eigenvalue weighted by Crippen LogP contribution is -2.47. The Labute approximate surface area is 235 Å². The van der Waals surface area contributed by atoms with Crippen molar-refractivity contribution in [3.63, 3.8) is 0 Å². The summed E-state index contributed by atoms with van der Waals surface area (Å²) in [6, 6.07) is 28.5. The molecule has 1 atom stereocenters. The molecule has 0 saturated heterocycles. The van der Waals surface area contributed by atoms with Crippen molar-refractivity contribution in [1.29, 1.82) is 0 Å². The van der Waals surface area contributed by atoms with E-state index in [0.29, 0.717) is 5.82 Å². The van der Waals surface area contributed by atoms with Crippen LogP contribution in [0, 0.1) is 11.8 Å². The Morgan fingerprint density at radius 2 is 1.68 bits per heavy atom. The number of nitrogens with one attached hydrogen (secondary N) is 1. The number of benzene rings is 3. The molecule has 1 unspecified atom stereocenters. The third-order valence-corrected chi connectivity index (χ3v) is 8.53. The molecule has 3 N–H and O–H groups in total. The molecule has 0 fully saturated rings. The van der Waals surface area contributed by atoms with Gasteiger partial charge in [0.2, 0.25) is 9.84 Å². The topological polar surface area (TPSA) is 111 Å². The number of rotatable bonds is 10. The highest BCUT2D eigenvalue weighted by molar-refractivity contribution is 7.92. The van der Waals surface area contributed by atoms with Gasteiger partial charge in [-0.3, -0.25) is 4.79 Å². The first-order valence-corrected chi connectivity index (χ1v) is 14.3. The van der Waals surface area contributed by atoms with Gasteiger partial charge in [0.25, 0.3) is 0 Å². The number of pyridine rings is 1. The number of ether oxygens (including phenoxy) is 1. The van der Waals surface area contributed by atoms with Gasteiger partial charge in [0, 0.05) is 12.0 Å². The van der Waals surface area contributed by atoms with Gasteiger partial charge in [0.15, 0.2) is 4.87 Å². The highest BCUT2D eigenvalue weighted by atomic mass is 32.2. The summed E-state index contributed by atoms with van der Waals surface area (Å²) in [5, 5.41) is 2.89. The van der Waals surface area contributed by atoms with Crippen molar-refractivity contribution < 1.29 is 17.9 Å². The van der Waals surface area contributed by atoms with Gasteiger partial charge in [-0.1, -0.05) is 66.6 Å². The maximum Gasteiger partial charge on any atom is 0.325 e. The van der Waals surface area contributed by atoms with E-state index < -0.39 is 20.7 Å². The largest absolute Gasteiger partial charge is 0.465 e. The van der Waals surface area contributed by atoms with Crippen molar-refractivity contribution in [3.8, 4) is 23.0 Å². The van der Waals surface area contributed by atoms with E-state index in [0.717, 1.165) is 22.3 Å². The molecule has 0 amide bonds. The Hall–Kier alpha value is -4.45. The van der Waals surface area contributed by atoms with E-state index in [4.69, 9.17) is 10.5 Å².